The maximum Gasteiger partial charge on any atom is 0.335 e. The van der Waals surface area contributed by atoms with E-state index >= 15 is 0 Å². The molecule has 0 fully saturated rings. The number of rotatable bonds is 9. The molecule has 0 radical (unpaired) electrons. The van der Waals surface area contributed by atoms with Gasteiger partial charge in [0.05, 0.1) is 5.57 Å². The van der Waals surface area contributed by atoms with Crippen LogP contribution in [0.25, 0.3) is 0 Å². The highest BCUT2D eigenvalue weighted by Gasteiger charge is 2.27. The van der Waals surface area contributed by atoms with Gasteiger partial charge in [-0.15, -0.1) is 0 Å². The van der Waals surface area contributed by atoms with Crippen LogP contribution in [0, 0.1) is 5.92 Å². The van der Waals surface area contributed by atoms with Crippen molar-refractivity contribution in [1.82, 2.24) is 5.32 Å². The molecule has 1 unspecified atom stereocenters. The Morgan fingerprint density at radius 3 is 2.32 bits per heavy atom. The molecule has 0 bridgehead atoms. The number of ether oxygens (including phenoxy) is 2. The Balaban J connectivity index is 2.56. The maximum absolute atomic E-state index is 12.5. The van der Waals surface area contributed by atoms with Crippen LogP contribution in [0.1, 0.15) is 47.1 Å². The third kappa shape index (κ3) is 9.00. The summed E-state index contributed by atoms with van der Waals surface area (Å²) in [7, 11) is 0. The van der Waals surface area contributed by atoms with Crippen molar-refractivity contribution in [3.05, 3.63) is 59.7 Å². The molecule has 5 heteroatoms. The first kappa shape index (κ1) is 23.6. The second-order valence-corrected chi connectivity index (χ2v) is 7.87. The van der Waals surface area contributed by atoms with Gasteiger partial charge in [0.15, 0.2) is 0 Å². The lowest BCUT2D eigenvalue weighted by Gasteiger charge is -2.27. The number of nitrogens with one attached hydrogen (secondary N) is 1. The lowest BCUT2D eigenvalue weighted by atomic mass is 9.95. The smallest absolute Gasteiger partial charge is 0.335 e. The van der Waals surface area contributed by atoms with E-state index < -0.39 is 11.6 Å². The molecule has 0 saturated carbocycles. The highest BCUT2D eigenvalue weighted by Crippen LogP contribution is 2.18. The van der Waals surface area contributed by atoms with E-state index in [9.17, 15) is 9.59 Å². The van der Waals surface area contributed by atoms with Gasteiger partial charge in [0, 0.05) is 18.7 Å². The van der Waals surface area contributed by atoms with Gasteiger partial charge in [0.1, 0.15) is 12.2 Å². The van der Waals surface area contributed by atoms with Crippen LogP contribution in [-0.4, -0.2) is 30.1 Å². The monoisotopic (exact) mass is 387 g/mol. The Hall–Kier alpha value is -2.40. The molecular formula is C23H33NO4. The number of esters is 2. The van der Waals surface area contributed by atoms with Gasteiger partial charge < -0.3 is 14.8 Å². The van der Waals surface area contributed by atoms with E-state index in [1.807, 2.05) is 71.9 Å². The molecule has 0 aliphatic heterocycles. The van der Waals surface area contributed by atoms with Crippen LogP contribution in [0.5, 0.6) is 0 Å². The van der Waals surface area contributed by atoms with Gasteiger partial charge in [-0.25, -0.2) is 9.59 Å². The van der Waals surface area contributed by atoms with Crippen molar-refractivity contribution in [3.8, 4) is 0 Å². The zero-order valence-electron chi connectivity index (χ0n) is 17.8. The summed E-state index contributed by atoms with van der Waals surface area (Å²) >= 11 is 0. The second-order valence-electron chi connectivity index (χ2n) is 7.87. The molecule has 0 heterocycles. The summed E-state index contributed by atoms with van der Waals surface area (Å²) in [5.41, 5.74) is 0.984. The van der Waals surface area contributed by atoms with Crippen molar-refractivity contribution in [2.75, 3.05) is 6.54 Å². The third-order valence-corrected chi connectivity index (χ3v) is 3.88. The molecule has 1 aromatic carbocycles. The number of hydrogen-bond acceptors (Lipinski definition) is 5. The average molecular weight is 388 g/mol. The minimum Gasteiger partial charge on any atom is -0.458 e. The van der Waals surface area contributed by atoms with E-state index in [1.165, 1.54) is 6.08 Å². The Morgan fingerprint density at radius 1 is 1.14 bits per heavy atom. The third-order valence-electron chi connectivity index (χ3n) is 3.88. The van der Waals surface area contributed by atoms with Crippen LogP contribution in [0.15, 0.2) is 54.1 Å². The molecule has 1 atom stereocenters. The summed E-state index contributed by atoms with van der Waals surface area (Å²) in [6, 6.07) is 9.35. The fourth-order valence-corrected chi connectivity index (χ4v) is 2.59. The lowest BCUT2D eigenvalue weighted by molar-refractivity contribution is -0.150. The van der Waals surface area contributed by atoms with Crippen molar-refractivity contribution < 1.29 is 19.1 Å². The molecule has 1 aromatic rings. The maximum atomic E-state index is 12.5. The molecule has 0 amide bonds. The largest absolute Gasteiger partial charge is 0.458 e. The first-order valence-corrected chi connectivity index (χ1v) is 9.64. The highest BCUT2D eigenvalue weighted by atomic mass is 16.6. The Morgan fingerprint density at radius 2 is 1.79 bits per heavy atom. The van der Waals surface area contributed by atoms with E-state index in [0.29, 0.717) is 12.1 Å². The molecule has 0 aliphatic carbocycles. The fourth-order valence-electron chi connectivity index (χ4n) is 2.59. The molecule has 1 rings (SSSR count). The Labute approximate surface area is 168 Å². The van der Waals surface area contributed by atoms with Crippen LogP contribution in [0.3, 0.4) is 0 Å². The van der Waals surface area contributed by atoms with Gasteiger partial charge in [-0.2, -0.15) is 0 Å². The van der Waals surface area contributed by atoms with Gasteiger partial charge >= 0.3 is 11.9 Å². The summed E-state index contributed by atoms with van der Waals surface area (Å²) in [6.07, 6.45) is 4.88. The molecule has 5 nitrogen and oxygen atoms in total. The first-order valence-electron chi connectivity index (χ1n) is 9.64. The zero-order chi connectivity index (χ0) is 21.2. The molecule has 0 saturated heterocycles. The molecule has 28 heavy (non-hydrogen) atoms. The van der Waals surface area contributed by atoms with Crippen molar-refractivity contribution in [2.45, 2.75) is 59.8 Å². The van der Waals surface area contributed by atoms with Crippen LogP contribution in [-0.2, 0) is 25.7 Å². The summed E-state index contributed by atoms with van der Waals surface area (Å²) in [5, 5.41) is 3.30. The minimum atomic E-state index is -0.546. The normalized spacial score (nSPS) is 13.6. The van der Waals surface area contributed by atoms with E-state index in [1.54, 1.807) is 12.2 Å². The van der Waals surface area contributed by atoms with Crippen molar-refractivity contribution in [1.29, 1.82) is 0 Å². The number of benzene rings is 1. The van der Waals surface area contributed by atoms with Crippen LogP contribution in [0.2, 0.25) is 0 Å². The first-order chi connectivity index (χ1) is 13.1. The van der Waals surface area contributed by atoms with Gasteiger partial charge in [-0.3, -0.25) is 0 Å². The van der Waals surface area contributed by atoms with E-state index in [2.05, 4.69) is 5.32 Å². The number of carbonyl (C=O) groups excluding carboxylic acids is 2. The van der Waals surface area contributed by atoms with Gasteiger partial charge in [-0.05, 0) is 39.2 Å². The van der Waals surface area contributed by atoms with Crippen molar-refractivity contribution in [3.63, 3.8) is 0 Å². The van der Waals surface area contributed by atoms with Crippen LogP contribution < -0.4 is 5.32 Å². The quantitative estimate of drug-likeness (QED) is 0.508. The number of hydrogen-bond donors (Lipinski definition) is 1. The molecular weight excluding hydrogens is 354 g/mol. The zero-order valence-corrected chi connectivity index (χ0v) is 17.8. The number of carbonyl (C=O) groups is 2. The van der Waals surface area contributed by atoms with Crippen LogP contribution >= 0.6 is 0 Å². The summed E-state index contributed by atoms with van der Waals surface area (Å²) < 4.78 is 10.7. The summed E-state index contributed by atoms with van der Waals surface area (Å²) in [6.45, 7) is 12.1. The predicted octanol–water partition coefficient (Wildman–Crippen LogP) is 4.19. The van der Waals surface area contributed by atoms with Crippen molar-refractivity contribution >= 4 is 11.9 Å². The van der Waals surface area contributed by atoms with Gasteiger partial charge in [0.25, 0.3) is 0 Å². The molecule has 154 valence electrons. The minimum absolute atomic E-state index is 0.176. The Kier molecular flexibility index (Phi) is 9.66. The molecule has 1 N–H and O–H groups in total. The molecule has 0 spiro atoms. The second kappa shape index (κ2) is 11.4. The molecule has 0 aliphatic rings. The van der Waals surface area contributed by atoms with Crippen LogP contribution in [0.4, 0.5) is 0 Å². The predicted molar refractivity (Wildman–Crippen MR) is 112 cm³/mol. The summed E-state index contributed by atoms with van der Waals surface area (Å²) in [5.74, 6) is -0.547. The van der Waals surface area contributed by atoms with E-state index in [-0.39, 0.29) is 24.5 Å². The Bertz CT molecular complexity index is 684. The molecule has 0 aromatic heterocycles. The standard InChI is InChI=1S/C23H33NO4/c1-7-19(22(26)28-23(4,5)6)21(17(2)3)24-15-11-14-20(25)27-16-18-12-9-8-10-13-18/h7-14,17,21,24H,15-16H2,1-6H3/b14-11?,19-7-. The fraction of sp³-hybridized carbons (Fsp3) is 0.478. The number of allylic oxidation sites excluding steroid dienone is 1. The lowest BCUT2D eigenvalue weighted by Crippen LogP contribution is -2.40. The summed E-state index contributed by atoms with van der Waals surface area (Å²) in [4.78, 5) is 24.3. The van der Waals surface area contributed by atoms with Gasteiger partial charge in [-0.1, -0.05) is 56.3 Å². The highest BCUT2D eigenvalue weighted by molar-refractivity contribution is 5.90. The average Bonchev–Trinajstić information content (AvgIpc) is 2.61. The SMILES string of the molecule is C/C=C(\C(=O)OC(C)(C)C)C(NCC=CC(=O)OCc1ccccc1)C(C)C. The topological polar surface area (TPSA) is 64.6 Å². The van der Waals surface area contributed by atoms with E-state index in [4.69, 9.17) is 9.47 Å². The van der Waals surface area contributed by atoms with Gasteiger partial charge in [0.2, 0.25) is 0 Å². The van der Waals surface area contributed by atoms with Crippen molar-refractivity contribution in [2.24, 2.45) is 5.92 Å². The van der Waals surface area contributed by atoms with E-state index in [0.717, 1.165) is 5.56 Å².